The lowest BCUT2D eigenvalue weighted by Gasteiger charge is -2.17. The van der Waals surface area contributed by atoms with Crippen LogP contribution in [0.1, 0.15) is 123 Å². The molecule has 18 nitrogen and oxygen atoms in total. The molecule has 5 rings (SSSR count). The molecule has 0 saturated heterocycles. The lowest BCUT2D eigenvalue weighted by molar-refractivity contribution is 0.0591. The van der Waals surface area contributed by atoms with Crippen molar-refractivity contribution in [2.75, 3.05) is 71.1 Å². The summed E-state index contributed by atoms with van der Waals surface area (Å²) in [6.45, 7) is 12.3. The van der Waals surface area contributed by atoms with Crippen LogP contribution in [-0.4, -0.2) is 116 Å². The minimum absolute atomic E-state index is 0.00883. The Bertz CT molecular complexity index is 2410. The molecule has 18 heteroatoms. The van der Waals surface area contributed by atoms with E-state index in [1.165, 1.54) is 28.4 Å². The standard InChI is InChI=1S/C13H18O4.C12H18O3.C12H16O3.C10H12O4.C7H6O4/c1-8(2)12-10(15-3)6-9(13(14)17-5)7-11(12)16-4;2*1-8(2)12-10(14-3)5-9(7-13)6-11(12)15-4;1-12-8-4-7(10(11)14-3)5-9(6-8)13-2;8-5-1-4(7(10)11)2-6(9)3-5/h6-8H,1-5H3;5-6,8,13H,7H2,1-4H3;5-8H,1-4H3;4-6H,1-3H3;1-3,8-9H,(H,10,11). The fraction of sp³-hybridized carbons (Fsp3) is 0.370. The zero-order valence-electron chi connectivity index (χ0n) is 43.9. The molecule has 5 aromatic carbocycles. The Labute approximate surface area is 421 Å². The van der Waals surface area contributed by atoms with E-state index in [0.717, 1.165) is 58.2 Å². The molecule has 394 valence electrons. The van der Waals surface area contributed by atoms with Crippen LogP contribution in [0.3, 0.4) is 0 Å². The number of rotatable bonds is 16. The molecule has 0 aromatic heterocycles. The van der Waals surface area contributed by atoms with Gasteiger partial charge < -0.3 is 67.8 Å². The second-order valence-corrected chi connectivity index (χ2v) is 15.9. The lowest BCUT2D eigenvalue weighted by atomic mass is 9.98. The molecule has 0 bridgehead atoms. The number of carboxylic acids is 1. The van der Waals surface area contributed by atoms with Gasteiger partial charge in [0.15, 0.2) is 0 Å². The first-order valence-corrected chi connectivity index (χ1v) is 22.1. The normalized spacial score (nSPS) is 10.0. The van der Waals surface area contributed by atoms with E-state index in [0.29, 0.717) is 57.1 Å². The Morgan fingerprint density at radius 2 is 0.764 bits per heavy atom. The van der Waals surface area contributed by atoms with Crippen molar-refractivity contribution < 1.29 is 87.0 Å². The van der Waals surface area contributed by atoms with E-state index in [4.69, 9.17) is 58.3 Å². The minimum Gasteiger partial charge on any atom is -0.508 e. The van der Waals surface area contributed by atoms with E-state index in [1.54, 1.807) is 85.1 Å². The lowest BCUT2D eigenvalue weighted by Crippen LogP contribution is -2.05. The zero-order chi connectivity index (χ0) is 54.8. The molecule has 0 heterocycles. The van der Waals surface area contributed by atoms with E-state index >= 15 is 0 Å². The molecule has 5 aromatic rings. The maximum atomic E-state index is 11.5. The monoisotopic (exact) mass is 1010 g/mol. The summed E-state index contributed by atoms with van der Waals surface area (Å²) < 4.78 is 51.0. The molecule has 0 aliphatic heterocycles. The summed E-state index contributed by atoms with van der Waals surface area (Å²) >= 11 is 0. The summed E-state index contributed by atoms with van der Waals surface area (Å²) in [7, 11) is 15.3. The number of aliphatic hydroxyl groups is 1. The van der Waals surface area contributed by atoms with Gasteiger partial charge in [-0.25, -0.2) is 14.4 Å². The fourth-order valence-corrected chi connectivity index (χ4v) is 6.75. The number of benzene rings is 5. The largest absolute Gasteiger partial charge is 0.508 e. The van der Waals surface area contributed by atoms with Crippen LogP contribution in [-0.2, 0) is 16.1 Å². The highest BCUT2D eigenvalue weighted by Crippen LogP contribution is 2.38. The van der Waals surface area contributed by atoms with Gasteiger partial charge in [0, 0.05) is 34.4 Å². The van der Waals surface area contributed by atoms with Gasteiger partial charge >= 0.3 is 17.9 Å². The Kier molecular flexibility index (Phi) is 27.1. The first-order chi connectivity index (χ1) is 34.1. The Hall–Kier alpha value is -7.86. The van der Waals surface area contributed by atoms with Crippen molar-refractivity contribution >= 4 is 24.2 Å². The molecule has 0 unspecified atom stereocenters. The number of methoxy groups -OCH3 is 10. The number of carbonyl (C=O) groups excluding carboxylic acids is 3. The van der Waals surface area contributed by atoms with Crippen LogP contribution in [0, 0.1) is 0 Å². The Morgan fingerprint density at radius 1 is 0.444 bits per heavy atom. The van der Waals surface area contributed by atoms with Crippen molar-refractivity contribution in [1.29, 1.82) is 0 Å². The van der Waals surface area contributed by atoms with Crippen LogP contribution in [0.4, 0.5) is 0 Å². The zero-order valence-corrected chi connectivity index (χ0v) is 43.9. The number of hydrogen-bond acceptors (Lipinski definition) is 17. The van der Waals surface area contributed by atoms with Gasteiger partial charge in [-0.3, -0.25) is 4.79 Å². The predicted molar refractivity (Wildman–Crippen MR) is 271 cm³/mol. The number of phenolic OH excluding ortho intramolecular Hbond substituents is 2. The predicted octanol–water partition coefficient (Wildman–Crippen LogP) is 9.86. The van der Waals surface area contributed by atoms with Crippen LogP contribution in [0.15, 0.2) is 72.8 Å². The highest BCUT2D eigenvalue weighted by atomic mass is 16.5. The number of ether oxygens (including phenoxy) is 10. The number of aromatic carboxylic acids is 1. The smallest absolute Gasteiger partial charge is 0.338 e. The van der Waals surface area contributed by atoms with E-state index in [-0.39, 0.29) is 35.5 Å². The van der Waals surface area contributed by atoms with Crippen LogP contribution in [0.2, 0.25) is 0 Å². The fourth-order valence-electron chi connectivity index (χ4n) is 6.75. The summed E-state index contributed by atoms with van der Waals surface area (Å²) in [5.41, 5.74) is 5.03. The summed E-state index contributed by atoms with van der Waals surface area (Å²) in [4.78, 5) is 43.7. The average Bonchev–Trinajstić information content (AvgIpc) is 3.38. The maximum Gasteiger partial charge on any atom is 0.338 e. The van der Waals surface area contributed by atoms with Gasteiger partial charge in [0.25, 0.3) is 0 Å². The van der Waals surface area contributed by atoms with E-state index in [1.807, 2.05) is 26.0 Å². The molecule has 0 atom stereocenters. The van der Waals surface area contributed by atoms with E-state index in [9.17, 15) is 19.2 Å². The molecule has 72 heavy (non-hydrogen) atoms. The van der Waals surface area contributed by atoms with Crippen molar-refractivity contribution in [2.45, 2.75) is 65.9 Å². The van der Waals surface area contributed by atoms with Gasteiger partial charge in [0.2, 0.25) is 0 Å². The van der Waals surface area contributed by atoms with Gasteiger partial charge in [-0.2, -0.15) is 0 Å². The molecule has 0 spiro atoms. The first-order valence-electron chi connectivity index (χ1n) is 22.1. The highest BCUT2D eigenvalue weighted by molar-refractivity contribution is 5.91. The van der Waals surface area contributed by atoms with Gasteiger partial charge in [0.05, 0.1) is 94.4 Å². The first kappa shape index (κ1) is 62.2. The molecular weight excluding hydrogens is 937 g/mol. The number of phenols is 2. The van der Waals surface area contributed by atoms with Crippen LogP contribution in [0.5, 0.6) is 57.5 Å². The van der Waals surface area contributed by atoms with Crippen molar-refractivity contribution in [3.05, 3.63) is 117 Å². The Balaban J connectivity index is 0.000000453. The van der Waals surface area contributed by atoms with E-state index < -0.39 is 17.9 Å². The number of aliphatic hydroxyl groups excluding tert-OH is 1. The summed E-state index contributed by atoms with van der Waals surface area (Å²) in [6, 6.07) is 18.5. The number of aldehydes is 1. The third-order valence-corrected chi connectivity index (χ3v) is 10.1. The molecule has 0 aliphatic rings. The van der Waals surface area contributed by atoms with Crippen LogP contribution < -0.4 is 37.9 Å². The van der Waals surface area contributed by atoms with E-state index in [2.05, 4.69) is 37.2 Å². The second kappa shape index (κ2) is 31.4. The SMILES string of the molecule is COC(=O)c1cc(OC)c(C(C)C)c(OC)c1.COC(=O)c1cc(OC)cc(OC)c1.COc1cc(C=O)cc(OC)c1C(C)C.COc1cc(CO)cc(OC)c1C(C)C.O=C(O)c1cc(O)cc(O)c1. The Morgan fingerprint density at radius 3 is 1.03 bits per heavy atom. The third-order valence-electron chi connectivity index (χ3n) is 10.1. The molecule has 0 aliphatic carbocycles. The minimum atomic E-state index is -1.18. The van der Waals surface area contributed by atoms with Crippen LogP contribution >= 0.6 is 0 Å². The molecular formula is C54H70O18. The van der Waals surface area contributed by atoms with Crippen molar-refractivity contribution in [3.63, 3.8) is 0 Å². The molecule has 0 amide bonds. The van der Waals surface area contributed by atoms with Gasteiger partial charge in [-0.15, -0.1) is 0 Å². The number of aromatic hydroxyl groups is 2. The van der Waals surface area contributed by atoms with Gasteiger partial charge in [0.1, 0.15) is 63.8 Å². The summed E-state index contributed by atoms with van der Waals surface area (Å²) in [5.74, 6) is 3.67. The van der Waals surface area contributed by atoms with Gasteiger partial charge in [-0.05, 0) is 84.0 Å². The van der Waals surface area contributed by atoms with Gasteiger partial charge in [-0.1, -0.05) is 41.5 Å². The number of carbonyl (C=O) groups is 4. The quantitative estimate of drug-likeness (QED) is 0.0531. The average molecular weight is 1010 g/mol. The summed E-state index contributed by atoms with van der Waals surface area (Å²) in [5, 5.41) is 35.1. The molecule has 0 saturated carbocycles. The second-order valence-electron chi connectivity index (χ2n) is 15.9. The number of esters is 2. The number of hydrogen-bond donors (Lipinski definition) is 4. The third kappa shape index (κ3) is 18.5. The van der Waals surface area contributed by atoms with Crippen molar-refractivity contribution in [3.8, 4) is 57.5 Å². The highest BCUT2D eigenvalue weighted by Gasteiger charge is 2.20. The van der Waals surface area contributed by atoms with Crippen LogP contribution in [0.25, 0.3) is 0 Å². The molecule has 0 radical (unpaired) electrons. The maximum absolute atomic E-state index is 11.5. The topological polar surface area (TPSA) is 241 Å². The summed E-state index contributed by atoms with van der Waals surface area (Å²) in [6.07, 6.45) is 0.787. The van der Waals surface area contributed by atoms with Crippen molar-refractivity contribution in [1.82, 2.24) is 0 Å². The molecule has 4 N–H and O–H groups in total. The molecule has 0 fully saturated rings. The van der Waals surface area contributed by atoms with Crippen molar-refractivity contribution in [2.24, 2.45) is 0 Å². The number of carboxylic acid groups (broad SMARTS) is 1.